The molecule has 1 aromatic heterocycles. The van der Waals surface area contributed by atoms with Gasteiger partial charge >= 0.3 is 0 Å². The molecule has 1 aliphatic rings. The Morgan fingerprint density at radius 1 is 1.03 bits per heavy atom. The second-order valence-electron chi connectivity index (χ2n) is 7.53. The number of thioether (sulfide) groups is 1. The lowest BCUT2D eigenvalue weighted by Gasteiger charge is -2.30. The summed E-state index contributed by atoms with van der Waals surface area (Å²) < 4.78 is 6.04. The number of anilines is 2. The highest BCUT2D eigenvalue weighted by molar-refractivity contribution is 7.99. The van der Waals surface area contributed by atoms with E-state index in [2.05, 4.69) is 44.0 Å². The van der Waals surface area contributed by atoms with Crippen molar-refractivity contribution in [3.63, 3.8) is 0 Å². The van der Waals surface area contributed by atoms with Crippen molar-refractivity contribution in [2.75, 3.05) is 11.5 Å². The predicted molar refractivity (Wildman–Crippen MR) is 118 cm³/mol. The highest BCUT2D eigenvalue weighted by atomic mass is 32.2. The average molecular weight is 406 g/mol. The van der Waals surface area contributed by atoms with Gasteiger partial charge in [0.15, 0.2) is 6.29 Å². The third-order valence-electron chi connectivity index (χ3n) is 5.18. The lowest BCUT2D eigenvalue weighted by atomic mass is 9.97. The van der Waals surface area contributed by atoms with Crippen LogP contribution in [0.2, 0.25) is 0 Å². The molecule has 4 rings (SSSR count). The SMILES string of the molecule is Cc1cc(C)c(SC2c3cc(C)ccc3Oc3nc(N)c(C=O)c(N)c32)c(C)c1. The lowest BCUT2D eigenvalue weighted by Crippen LogP contribution is -2.15. The maximum Gasteiger partial charge on any atom is 0.228 e. The molecule has 0 saturated heterocycles. The molecule has 0 amide bonds. The van der Waals surface area contributed by atoms with Gasteiger partial charge in [0.2, 0.25) is 5.88 Å². The molecule has 148 valence electrons. The standard InChI is InChI=1S/C23H23N3O2S/c1-11-5-6-17-15(9-11)21(29-20-13(3)7-12(2)8-14(20)4)18-19(24)16(10-27)22(25)26-23(18)28-17/h5-10,21H,1-4H3,(H4,24,25,26). The number of carbonyl (C=O) groups excluding carboxylic acids is 1. The van der Waals surface area contributed by atoms with E-state index in [9.17, 15) is 4.79 Å². The molecule has 0 aliphatic carbocycles. The molecule has 0 spiro atoms. The van der Waals surface area contributed by atoms with Crippen LogP contribution in [-0.4, -0.2) is 11.3 Å². The Balaban J connectivity index is 1.96. The Bertz CT molecular complexity index is 1130. The van der Waals surface area contributed by atoms with E-state index in [1.807, 2.05) is 19.1 Å². The highest BCUT2D eigenvalue weighted by Crippen LogP contribution is 2.54. The zero-order chi connectivity index (χ0) is 20.9. The number of fused-ring (bicyclic) bond motifs is 2. The minimum absolute atomic E-state index is 0.0817. The van der Waals surface area contributed by atoms with E-state index in [4.69, 9.17) is 16.2 Å². The third kappa shape index (κ3) is 3.23. The van der Waals surface area contributed by atoms with E-state index >= 15 is 0 Å². The van der Waals surface area contributed by atoms with Crippen LogP contribution in [0.25, 0.3) is 0 Å². The molecule has 0 bridgehead atoms. The normalized spacial score (nSPS) is 14.7. The average Bonchev–Trinajstić information content (AvgIpc) is 2.64. The molecule has 0 saturated carbocycles. The van der Waals surface area contributed by atoms with Crippen LogP contribution in [0.1, 0.15) is 49.0 Å². The Morgan fingerprint density at radius 2 is 1.72 bits per heavy atom. The van der Waals surface area contributed by atoms with Gasteiger partial charge in [-0.1, -0.05) is 35.4 Å². The van der Waals surface area contributed by atoms with E-state index in [1.54, 1.807) is 11.8 Å². The highest BCUT2D eigenvalue weighted by Gasteiger charge is 2.34. The van der Waals surface area contributed by atoms with Crippen molar-refractivity contribution >= 4 is 29.6 Å². The Hall–Kier alpha value is -2.99. The molecule has 2 aromatic carbocycles. The number of nitrogen functional groups attached to an aromatic ring is 2. The number of benzene rings is 2. The molecule has 1 aliphatic heterocycles. The Kier molecular flexibility index (Phi) is 4.74. The molecule has 0 radical (unpaired) electrons. The number of aldehydes is 1. The summed E-state index contributed by atoms with van der Waals surface area (Å²) in [4.78, 5) is 17.1. The second-order valence-corrected chi connectivity index (χ2v) is 8.65. The summed E-state index contributed by atoms with van der Waals surface area (Å²) >= 11 is 1.70. The minimum atomic E-state index is -0.166. The number of aromatic nitrogens is 1. The summed E-state index contributed by atoms with van der Waals surface area (Å²) in [5, 5.41) is -0.166. The fraction of sp³-hybridized carbons (Fsp3) is 0.217. The first-order chi connectivity index (χ1) is 13.8. The summed E-state index contributed by atoms with van der Waals surface area (Å²) in [6.07, 6.45) is 0.661. The lowest BCUT2D eigenvalue weighted by molar-refractivity contribution is 0.112. The minimum Gasteiger partial charge on any atom is -0.438 e. The summed E-state index contributed by atoms with van der Waals surface area (Å²) in [5.74, 6) is 1.17. The molecular formula is C23H23N3O2S. The van der Waals surface area contributed by atoms with Gasteiger partial charge in [0, 0.05) is 10.5 Å². The molecule has 3 aromatic rings. The van der Waals surface area contributed by atoms with Gasteiger partial charge in [-0.15, -0.1) is 11.8 Å². The number of hydrogen-bond donors (Lipinski definition) is 2. The van der Waals surface area contributed by atoms with Crippen LogP contribution >= 0.6 is 11.8 Å². The monoisotopic (exact) mass is 405 g/mol. The largest absolute Gasteiger partial charge is 0.438 e. The van der Waals surface area contributed by atoms with Crippen LogP contribution in [0.3, 0.4) is 0 Å². The first-order valence-corrected chi connectivity index (χ1v) is 10.2. The van der Waals surface area contributed by atoms with Gasteiger partial charge in [-0.05, 0) is 44.9 Å². The molecule has 2 heterocycles. The molecule has 6 heteroatoms. The zero-order valence-electron chi connectivity index (χ0n) is 16.9. The van der Waals surface area contributed by atoms with Gasteiger partial charge in [0.05, 0.1) is 22.1 Å². The fourth-order valence-electron chi connectivity index (χ4n) is 3.90. The number of carbonyl (C=O) groups is 1. The number of nitrogens with two attached hydrogens (primary N) is 2. The first-order valence-electron chi connectivity index (χ1n) is 9.37. The van der Waals surface area contributed by atoms with Gasteiger partial charge in [0.1, 0.15) is 11.6 Å². The quantitative estimate of drug-likeness (QED) is 0.576. The number of pyridine rings is 1. The fourth-order valence-corrected chi connectivity index (χ4v) is 5.28. The number of nitrogens with zero attached hydrogens (tertiary/aromatic N) is 1. The maximum absolute atomic E-state index is 11.6. The summed E-state index contributed by atoms with van der Waals surface area (Å²) in [6, 6.07) is 10.4. The number of rotatable bonds is 3. The number of ether oxygens (including phenoxy) is 1. The first kappa shape index (κ1) is 19.3. The van der Waals surface area contributed by atoms with E-state index in [0.717, 1.165) is 16.9 Å². The molecule has 4 N–H and O–H groups in total. The summed E-state index contributed by atoms with van der Waals surface area (Å²) in [7, 11) is 0. The zero-order valence-corrected chi connectivity index (χ0v) is 17.7. The molecule has 1 atom stereocenters. The Morgan fingerprint density at radius 3 is 2.38 bits per heavy atom. The van der Waals surface area contributed by atoms with Gasteiger partial charge in [0.25, 0.3) is 0 Å². The molecule has 5 nitrogen and oxygen atoms in total. The predicted octanol–water partition coefficient (Wildman–Crippen LogP) is 5.28. The van der Waals surface area contributed by atoms with Crippen molar-refractivity contribution in [1.29, 1.82) is 0 Å². The molecule has 1 unspecified atom stereocenters. The molecule has 29 heavy (non-hydrogen) atoms. The van der Waals surface area contributed by atoms with Crippen molar-refractivity contribution in [3.05, 3.63) is 69.3 Å². The van der Waals surface area contributed by atoms with Crippen molar-refractivity contribution in [3.8, 4) is 11.6 Å². The molecule has 0 fully saturated rings. The van der Waals surface area contributed by atoms with E-state index < -0.39 is 0 Å². The maximum atomic E-state index is 11.6. The van der Waals surface area contributed by atoms with Crippen LogP contribution in [0.4, 0.5) is 11.5 Å². The van der Waals surface area contributed by atoms with Crippen molar-refractivity contribution in [2.45, 2.75) is 37.8 Å². The molecular weight excluding hydrogens is 382 g/mol. The van der Waals surface area contributed by atoms with E-state index in [0.29, 0.717) is 23.4 Å². The van der Waals surface area contributed by atoms with Crippen LogP contribution in [0, 0.1) is 27.7 Å². The Labute approximate surface area is 174 Å². The van der Waals surface area contributed by atoms with Gasteiger partial charge in [-0.25, -0.2) is 0 Å². The summed E-state index contributed by atoms with van der Waals surface area (Å²) in [6.45, 7) is 8.36. The van der Waals surface area contributed by atoms with Crippen molar-refractivity contribution < 1.29 is 9.53 Å². The van der Waals surface area contributed by atoms with E-state index in [1.165, 1.54) is 21.6 Å². The van der Waals surface area contributed by atoms with Crippen LogP contribution in [-0.2, 0) is 0 Å². The van der Waals surface area contributed by atoms with Gasteiger partial charge < -0.3 is 16.2 Å². The topological polar surface area (TPSA) is 91.2 Å². The van der Waals surface area contributed by atoms with Gasteiger partial charge in [-0.3, -0.25) is 4.79 Å². The van der Waals surface area contributed by atoms with Crippen LogP contribution < -0.4 is 16.2 Å². The number of aryl methyl sites for hydroxylation is 4. The summed E-state index contributed by atoms with van der Waals surface area (Å²) in [5.41, 5.74) is 19.4. The third-order valence-corrected chi connectivity index (χ3v) is 6.79. The van der Waals surface area contributed by atoms with Gasteiger partial charge in [-0.2, -0.15) is 4.98 Å². The van der Waals surface area contributed by atoms with Crippen LogP contribution in [0.5, 0.6) is 11.6 Å². The number of hydrogen-bond acceptors (Lipinski definition) is 6. The second kappa shape index (κ2) is 7.12. The van der Waals surface area contributed by atoms with Crippen molar-refractivity contribution in [1.82, 2.24) is 4.98 Å². The smallest absolute Gasteiger partial charge is 0.228 e. The van der Waals surface area contributed by atoms with E-state index in [-0.39, 0.29) is 16.6 Å². The van der Waals surface area contributed by atoms with Crippen molar-refractivity contribution in [2.24, 2.45) is 0 Å². The van der Waals surface area contributed by atoms with Crippen LogP contribution in [0.15, 0.2) is 35.2 Å².